The molecule has 7 heteroatoms. The van der Waals surface area contributed by atoms with Gasteiger partial charge in [0.1, 0.15) is 6.07 Å². The van der Waals surface area contributed by atoms with E-state index in [1.165, 1.54) is 29.5 Å². The third-order valence-corrected chi connectivity index (χ3v) is 3.59. The summed E-state index contributed by atoms with van der Waals surface area (Å²) in [6, 6.07) is 6.06. The third-order valence-electron chi connectivity index (χ3n) is 2.60. The fraction of sp³-hybridized carbons (Fsp3) is 0.167. The summed E-state index contributed by atoms with van der Waals surface area (Å²) in [5.41, 5.74) is 1.56. The maximum atomic E-state index is 10.7. The highest BCUT2D eigenvalue weighted by Crippen LogP contribution is 2.28. The zero-order valence-corrected chi connectivity index (χ0v) is 11.1. The molecule has 2 aromatic rings. The minimum absolute atomic E-state index is 0.103. The number of aryl methyl sites for hydroxylation is 2. The Balaban J connectivity index is 2.35. The van der Waals surface area contributed by atoms with Crippen LogP contribution in [0.25, 0.3) is 0 Å². The van der Waals surface area contributed by atoms with E-state index < -0.39 is 4.92 Å². The number of nitrogens with zero attached hydrogens (tertiary/aromatic N) is 3. The van der Waals surface area contributed by atoms with Crippen molar-refractivity contribution >= 4 is 27.8 Å². The number of aromatic nitrogens is 1. The molecule has 6 nitrogen and oxygen atoms in total. The van der Waals surface area contributed by atoms with Crippen molar-refractivity contribution in [3.8, 4) is 6.07 Å². The monoisotopic (exact) mass is 274 g/mol. The van der Waals surface area contributed by atoms with Gasteiger partial charge in [0.25, 0.3) is 5.69 Å². The number of rotatable bonds is 3. The van der Waals surface area contributed by atoms with Crippen molar-refractivity contribution in [2.24, 2.45) is 0 Å². The van der Waals surface area contributed by atoms with Gasteiger partial charge < -0.3 is 5.32 Å². The Morgan fingerprint density at radius 1 is 1.47 bits per heavy atom. The Morgan fingerprint density at radius 2 is 2.21 bits per heavy atom. The number of nitriles is 1. The van der Waals surface area contributed by atoms with Crippen molar-refractivity contribution in [1.29, 1.82) is 5.26 Å². The molecule has 96 valence electrons. The maximum absolute atomic E-state index is 10.7. The first-order chi connectivity index (χ1) is 9.01. The van der Waals surface area contributed by atoms with Gasteiger partial charge in [-0.3, -0.25) is 10.1 Å². The molecular formula is C12H10N4O2S. The molecule has 1 N–H and O–H groups in total. The predicted octanol–water partition coefficient (Wildman–Crippen LogP) is 3.28. The van der Waals surface area contributed by atoms with Gasteiger partial charge >= 0.3 is 0 Å². The van der Waals surface area contributed by atoms with Gasteiger partial charge in [0.2, 0.25) is 0 Å². The number of hydrogen-bond donors (Lipinski definition) is 1. The van der Waals surface area contributed by atoms with E-state index >= 15 is 0 Å². The summed E-state index contributed by atoms with van der Waals surface area (Å²) in [7, 11) is 0. The predicted molar refractivity (Wildman–Crippen MR) is 72.7 cm³/mol. The van der Waals surface area contributed by atoms with Gasteiger partial charge in [0, 0.05) is 17.0 Å². The molecule has 0 saturated carbocycles. The number of anilines is 2. The second-order valence-electron chi connectivity index (χ2n) is 3.88. The molecule has 0 atom stereocenters. The maximum Gasteiger partial charge on any atom is 0.270 e. The molecule has 0 fully saturated rings. The van der Waals surface area contributed by atoms with E-state index in [-0.39, 0.29) is 11.3 Å². The van der Waals surface area contributed by atoms with Crippen LogP contribution in [-0.4, -0.2) is 9.91 Å². The SMILES string of the molecule is Cc1nc(Nc2ccc([N+](=O)[O-])cc2C#N)sc1C. The lowest BCUT2D eigenvalue weighted by atomic mass is 10.2. The van der Waals surface area contributed by atoms with E-state index in [0.717, 1.165) is 10.6 Å². The van der Waals surface area contributed by atoms with E-state index in [1.807, 2.05) is 19.9 Å². The van der Waals surface area contributed by atoms with Crippen molar-refractivity contribution in [1.82, 2.24) is 4.98 Å². The first-order valence-electron chi connectivity index (χ1n) is 5.41. The van der Waals surface area contributed by atoms with E-state index in [1.54, 1.807) is 0 Å². The van der Waals surface area contributed by atoms with Crippen LogP contribution in [0.4, 0.5) is 16.5 Å². The molecule has 0 aliphatic carbocycles. The highest BCUT2D eigenvalue weighted by Gasteiger charge is 2.12. The van der Waals surface area contributed by atoms with Crippen molar-refractivity contribution in [3.63, 3.8) is 0 Å². The van der Waals surface area contributed by atoms with Gasteiger partial charge in [-0.15, -0.1) is 11.3 Å². The highest BCUT2D eigenvalue weighted by molar-refractivity contribution is 7.15. The van der Waals surface area contributed by atoms with E-state index in [9.17, 15) is 10.1 Å². The summed E-state index contributed by atoms with van der Waals surface area (Å²) in [5.74, 6) is 0. The number of nitro groups is 1. The summed E-state index contributed by atoms with van der Waals surface area (Å²) in [5, 5.41) is 23.4. The van der Waals surface area contributed by atoms with E-state index in [2.05, 4.69) is 10.3 Å². The van der Waals surface area contributed by atoms with Gasteiger partial charge in [-0.1, -0.05) is 0 Å². The third kappa shape index (κ3) is 2.69. The van der Waals surface area contributed by atoms with Crippen LogP contribution in [0.3, 0.4) is 0 Å². The van der Waals surface area contributed by atoms with Crippen molar-refractivity contribution in [2.75, 3.05) is 5.32 Å². The quantitative estimate of drug-likeness (QED) is 0.685. The molecule has 2 rings (SSSR count). The molecule has 1 aromatic heterocycles. The molecule has 0 unspecified atom stereocenters. The molecule has 0 saturated heterocycles. The molecular weight excluding hydrogens is 264 g/mol. The molecule has 0 aliphatic heterocycles. The zero-order chi connectivity index (χ0) is 14.0. The Hall–Kier alpha value is -2.46. The number of thiazole rings is 1. The standard InChI is InChI=1S/C12H10N4O2S/c1-7-8(2)19-12(14-7)15-11-4-3-10(16(17)18)5-9(11)6-13/h3-5H,1-2H3,(H,14,15). The Bertz CT molecular complexity index is 668. The second-order valence-corrected chi connectivity index (χ2v) is 5.09. The lowest BCUT2D eigenvalue weighted by molar-refractivity contribution is -0.384. The summed E-state index contributed by atoms with van der Waals surface area (Å²) < 4.78 is 0. The lowest BCUT2D eigenvalue weighted by Gasteiger charge is -2.04. The van der Waals surface area contributed by atoms with Crippen LogP contribution in [0.2, 0.25) is 0 Å². The van der Waals surface area contributed by atoms with Crippen LogP contribution in [0.1, 0.15) is 16.1 Å². The largest absolute Gasteiger partial charge is 0.330 e. The Labute approximate surface area is 113 Å². The number of non-ortho nitro benzene ring substituents is 1. The van der Waals surface area contributed by atoms with Gasteiger partial charge in [-0.2, -0.15) is 5.26 Å². The lowest BCUT2D eigenvalue weighted by Crippen LogP contribution is -1.95. The minimum atomic E-state index is -0.525. The number of nitrogens with one attached hydrogen (secondary N) is 1. The molecule has 0 aliphatic rings. The van der Waals surface area contributed by atoms with Gasteiger partial charge in [-0.25, -0.2) is 4.98 Å². The fourth-order valence-electron chi connectivity index (χ4n) is 1.49. The average Bonchev–Trinajstić information content (AvgIpc) is 2.68. The minimum Gasteiger partial charge on any atom is -0.330 e. The number of nitro benzene ring substituents is 1. The molecule has 19 heavy (non-hydrogen) atoms. The second kappa shape index (κ2) is 5.04. The zero-order valence-electron chi connectivity index (χ0n) is 10.3. The van der Waals surface area contributed by atoms with Crippen molar-refractivity contribution < 1.29 is 4.92 Å². The Kier molecular flexibility index (Phi) is 3.44. The smallest absolute Gasteiger partial charge is 0.270 e. The van der Waals surface area contributed by atoms with Crippen LogP contribution in [-0.2, 0) is 0 Å². The first-order valence-corrected chi connectivity index (χ1v) is 6.22. The van der Waals surface area contributed by atoms with Crippen molar-refractivity contribution in [2.45, 2.75) is 13.8 Å². The number of benzene rings is 1. The molecule has 1 aromatic carbocycles. The normalized spacial score (nSPS) is 9.95. The summed E-state index contributed by atoms with van der Waals surface area (Å²) in [6.07, 6.45) is 0. The fourth-order valence-corrected chi connectivity index (χ4v) is 2.32. The van der Waals surface area contributed by atoms with E-state index in [4.69, 9.17) is 5.26 Å². The molecule has 0 radical (unpaired) electrons. The van der Waals surface area contributed by atoms with Crippen LogP contribution in [0.5, 0.6) is 0 Å². The van der Waals surface area contributed by atoms with Gasteiger partial charge in [0.15, 0.2) is 5.13 Å². The summed E-state index contributed by atoms with van der Waals surface area (Å²) >= 11 is 1.47. The van der Waals surface area contributed by atoms with Crippen LogP contribution < -0.4 is 5.32 Å². The van der Waals surface area contributed by atoms with Crippen LogP contribution in [0, 0.1) is 35.3 Å². The van der Waals surface area contributed by atoms with Crippen LogP contribution >= 0.6 is 11.3 Å². The molecule has 0 spiro atoms. The van der Waals surface area contributed by atoms with Crippen LogP contribution in [0.15, 0.2) is 18.2 Å². The topological polar surface area (TPSA) is 91.8 Å². The van der Waals surface area contributed by atoms with Gasteiger partial charge in [0.05, 0.1) is 21.9 Å². The summed E-state index contributed by atoms with van der Waals surface area (Å²) in [6.45, 7) is 3.86. The Morgan fingerprint density at radius 3 is 2.74 bits per heavy atom. The van der Waals surface area contributed by atoms with E-state index in [0.29, 0.717) is 10.8 Å². The summed E-state index contributed by atoms with van der Waals surface area (Å²) in [4.78, 5) is 15.5. The number of hydrogen-bond acceptors (Lipinski definition) is 6. The highest BCUT2D eigenvalue weighted by atomic mass is 32.1. The average molecular weight is 274 g/mol. The molecule has 0 bridgehead atoms. The molecule has 0 amide bonds. The first kappa shape index (κ1) is 13.0. The van der Waals surface area contributed by atoms with Crippen molar-refractivity contribution in [3.05, 3.63) is 44.4 Å². The molecule has 1 heterocycles. The van der Waals surface area contributed by atoms with Gasteiger partial charge in [-0.05, 0) is 19.9 Å².